The van der Waals surface area contributed by atoms with Gasteiger partial charge in [0.25, 0.3) is 0 Å². The second-order valence-corrected chi connectivity index (χ2v) is 5.07. The average Bonchev–Trinajstić information content (AvgIpc) is 2.39. The fourth-order valence-corrected chi connectivity index (χ4v) is 1.77. The first kappa shape index (κ1) is 13.9. The van der Waals surface area contributed by atoms with Gasteiger partial charge in [0.2, 0.25) is 0 Å². The lowest BCUT2D eigenvalue weighted by atomic mass is 9.85. The van der Waals surface area contributed by atoms with Crippen LogP contribution in [0.25, 0.3) is 0 Å². The zero-order chi connectivity index (χ0) is 14.8. The van der Waals surface area contributed by atoms with Crippen LogP contribution in [0.2, 0.25) is 0 Å². The van der Waals surface area contributed by atoms with E-state index in [0.717, 1.165) is 11.3 Å². The molecular weight excluding hydrogens is 256 g/mol. The zero-order valence-electron chi connectivity index (χ0n) is 11.3. The number of carboxylic acids is 1. The molecule has 0 spiro atoms. The summed E-state index contributed by atoms with van der Waals surface area (Å²) in [6.45, 7) is 3.32. The van der Waals surface area contributed by atoms with Crippen molar-refractivity contribution in [1.29, 1.82) is 0 Å². The molecule has 5 nitrogen and oxygen atoms in total. The van der Waals surface area contributed by atoms with E-state index in [1.165, 1.54) is 12.1 Å². The topological polar surface area (TPSA) is 82.2 Å². The van der Waals surface area contributed by atoms with Crippen LogP contribution in [-0.4, -0.2) is 16.1 Å². The summed E-state index contributed by atoms with van der Waals surface area (Å²) < 4.78 is 0. The molecule has 1 aromatic carbocycles. The largest absolute Gasteiger partial charge is 0.481 e. The molecule has 0 saturated heterocycles. The van der Waals surface area contributed by atoms with Crippen LogP contribution in [0.3, 0.4) is 0 Å². The number of pyridine rings is 1. The summed E-state index contributed by atoms with van der Waals surface area (Å²) >= 11 is 0. The van der Waals surface area contributed by atoms with Gasteiger partial charge in [-0.3, -0.25) is 9.59 Å². The molecule has 0 aliphatic heterocycles. The van der Waals surface area contributed by atoms with Gasteiger partial charge in [-0.25, -0.2) is 0 Å². The van der Waals surface area contributed by atoms with Gasteiger partial charge in [-0.15, -0.1) is 0 Å². The SMILES string of the molecule is CC(C)(C(=O)O)c1ccc(Nc2cc(=O)cc[nH]2)cc1. The Morgan fingerprint density at radius 3 is 2.40 bits per heavy atom. The first-order valence-electron chi connectivity index (χ1n) is 6.19. The highest BCUT2D eigenvalue weighted by molar-refractivity contribution is 5.80. The molecule has 2 rings (SSSR count). The number of hydrogen-bond acceptors (Lipinski definition) is 3. The van der Waals surface area contributed by atoms with E-state index in [1.807, 2.05) is 0 Å². The maximum atomic E-state index is 11.2. The van der Waals surface area contributed by atoms with E-state index in [2.05, 4.69) is 10.3 Å². The summed E-state index contributed by atoms with van der Waals surface area (Å²) in [5, 5.41) is 12.2. The van der Waals surface area contributed by atoms with E-state index < -0.39 is 11.4 Å². The van der Waals surface area contributed by atoms with Gasteiger partial charge >= 0.3 is 5.97 Å². The van der Waals surface area contributed by atoms with Crippen molar-refractivity contribution in [3.8, 4) is 0 Å². The molecule has 0 amide bonds. The van der Waals surface area contributed by atoms with Gasteiger partial charge in [0.15, 0.2) is 5.43 Å². The van der Waals surface area contributed by atoms with Crippen LogP contribution in [0, 0.1) is 0 Å². The van der Waals surface area contributed by atoms with Gasteiger partial charge in [-0.2, -0.15) is 0 Å². The number of aromatic amines is 1. The van der Waals surface area contributed by atoms with Crippen LogP contribution in [0.4, 0.5) is 11.5 Å². The Hall–Kier alpha value is -2.56. The summed E-state index contributed by atoms with van der Waals surface area (Å²) in [5.41, 5.74) is 0.475. The number of rotatable bonds is 4. The van der Waals surface area contributed by atoms with Gasteiger partial charge in [0.1, 0.15) is 5.82 Å². The van der Waals surface area contributed by atoms with E-state index in [1.54, 1.807) is 44.3 Å². The van der Waals surface area contributed by atoms with Crippen molar-refractivity contribution >= 4 is 17.5 Å². The number of H-pyrrole nitrogens is 1. The lowest BCUT2D eigenvalue weighted by molar-refractivity contribution is -0.142. The van der Waals surface area contributed by atoms with Crippen molar-refractivity contribution in [3.63, 3.8) is 0 Å². The van der Waals surface area contributed by atoms with Crippen LogP contribution >= 0.6 is 0 Å². The lowest BCUT2D eigenvalue weighted by Gasteiger charge is -2.20. The van der Waals surface area contributed by atoms with E-state index in [0.29, 0.717) is 5.82 Å². The standard InChI is InChI=1S/C15H16N2O3/c1-15(2,14(19)20)10-3-5-11(6-4-10)17-13-9-12(18)7-8-16-13/h3-9H,1-2H3,(H,19,20)(H2,16,17,18). The summed E-state index contributed by atoms with van der Waals surface area (Å²) in [7, 11) is 0. The third-order valence-electron chi connectivity index (χ3n) is 3.19. The van der Waals surface area contributed by atoms with Gasteiger partial charge in [-0.05, 0) is 31.5 Å². The van der Waals surface area contributed by atoms with E-state index >= 15 is 0 Å². The summed E-state index contributed by atoms with van der Waals surface area (Å²) in [5.74, 6) is -0.284. The van der Waals surface area contributed by atoms with Crippen molar-refractivity contribution in [3.05, 3.63) is 58.4 Å². The van der Waals surface area contributed by atoms with Crippen molar-refractivity contribution in [1.82, 2.24) is 4.98 Å². The number of benzene rings is 1. The Labute approximate surface area is 116 Å². The Morgan fingerprint density at radius 2 is 1.85 bits per heavy atom. The molecule has 104 valence electrons. The molecule has 0 radical (unpaired) electrons. The number of carbonyl (C=O) groups is 1. The van der Waals surface area contributed by atoms with Crippen LogP contribution in [0.15, 0.2) is 47.4 Å². The van der Waals surface area contributed by atoms with Gasteiger partial charge in [-0.1, -0.05) is 12.1 Å². The molecule has 2 aromatic rings. The Balaban J connectivity index is 2.21. The average molecular weight is 272 g/mol. The van der Waals surface area contributed by atoms with Crippen molar-refractivity contribution in [2.24, 2.45) is 0 Å². The third kappa shape index (κ3) is 2.88. The van der Waals surface area contributed by atoms with E-state index in [4.69, 9.17) is 0 Å². The maximum Gasteiger partial charge on any atom is 0.313 e. The second-order valence-electron chi connectivity index (χ2n) is 5.07. The predicted octanol–water partition coefficient (Wildman–Crippen LogP) is 2.48. The first-order chi connectivity index (χ1) is 9.39. The number of nitrogens with one attached hydrogen (secondary N) is 2. The van der Waals surface area contributed by atoms with Crippen molar-refractivity contribution < 1.29 is 9.90 Å². The van der Waals surface area contributed by atoms with Crippen LogP contribution in [0.1, 0.15) is 19.4 Å². The zero-order valence-corrected chi connectivity index (χ0v) is 11.3. The molecule has 0 aliphatic rings. The second kappa shape index (κ2) is 5.21. The fraction of sp³-hybridized carbons (Fsp3) is 0.200. The number of carboxylic acid groups (broad SMARTS) is 1. The molecule has 0 atom stereocenters. The summed E-state index contributed by atoms with van der Waals surface area (Å²) in [4.78, 5) is 25.3. The molecule has 3 N–H and O–H groups in total. The monoisotopic (exact) mass is 272 g/mol. The minimum atomic E-state index is -0.931. The molecule has 0 aliphatic carbocycles. The van der Waals surface area contributed by atoms with E-state index in [9.17, 15) is 14.7 Å². The summed E-state index contributed by atoms with van der Waals surface area (Å²) in [6.07, 6.45) is 1.56. The Morgan fingerprint density at radius 1 is 1.20 bits per heavy atom. The maximum absolute atomic E-state index is 11.2. The Kier molecular flexibility index (Phi) is 3.61. The van der Waals surface area contributed by atoms with Crippen molar-refractivity contribution in [2.75, 3.05) is 5.32 Å². The highest BCUT2D eigenvalue weighted by atomic mass is 16.4. The number of aromatic nitrogens is 1. The molecule has 0 saturated carbocycles. The van der Waals surface area contributed by atoms with E-state index in [-0.39, 0.29) is 5.43 Å². The van der Waals surface area contributed by atoms with Gasteiger partial charge < -0.3 is 15.4 Å². The molecule has 1 aromatic heterocycles. The third-order valence-corrected chi connectivity index (χ3v) is 3.19. The van der Waals surface area contributed by atoms with Gasteiger partial charge in [0, 0.05) is 24.0 Å². The minimum Gasteiger partial charge on any atom is -0.481 e. The summed E-state index contributed by atoms with van der Waals surface area (Å²) in [6, 6.07) is 9.98. The molecule has 20 heavy (non-hydrogen) atoms. The normalized spacial score (nSPS) is 11.1. The Bertz CT molecular complexity index is 672. The smallest absolute Gasteiger partial charge is 0.313 e. The number of hydrogen-bond donors (Lipinski definition) is 3. The number of aliphatic carboxylic acids is 1. The van der Waals surface area contributed by atoms with Crippen molar-refractivity contribution in [2.45, 2.75) is 19.3 Å². The van der Waals surface area contributed by atoms with Gasteiger partial charge in [0.05, 0.1) is 5.41 Å². The number of anilines is 2. The quantitative estimate of drug-likeness (QED) is 0.798. The molecule has 0 unspecified atom stereocenters. The molecule has 0 bridgehead atoms. The molecule has 0 fully saturated rings. The van der Waals surface area contributed by atoms with Crippen LogP contribution in [0.5, 0.6) is 0 Å². The van der Waals surface area contributed by atoms with Crippen LogP contribution in [-0.2, 0) is 10.2 Å². The molecular formula is C15H16N2O3. The van der Waals surface area contributed by atoms with Crippen LogP contribution < -0.4 is 10.7 Å². The molecule has 5 heteroatoms. The lowest BCUT2D eigenvalue weighted by Crippen LogP contribution is -2.28. The predicted molar refractivity (Wildman–Crippen MR) is 77.4 cm³/mol. The first-order valence-corrected chi connectivity index (χ1v) is 6.19. The minimum absolute atomic E-state index is 0.0881. The molecule has 1 heterocycles. The highest BCUT2D eigenvalue weighted by Gasteiger charge is 2.29. The highest BCUT2D eigenvalue weighted by Crippen LogP contribution is 2.25. The fourth-order valence-electron chi connectivity index (χ4n) is 1.77.